The molecule has 0 aromatic heterocycles. The zero-order chi connectivity index (χ0) is 16.8. The van der Waals surface area contributed by atoms with E-state index < -0.39 is 0 Å². The number of hydrogen-bond acceptors (Lipinski definition) is 4. The van der Waals surface area contributed by atoms with E-state index in [-0.39, 0.29) is 11.7 Å². The quantitative estimate of drug-likeness (QED) is 0.828. The normalized spacial score (nSPS) is 10.0. The van der Waals surface area contributed by atoms with Crippen LogP contribution in [0.15, 0.2) is 42.5 Å². The minimum atomic E-state index is -0.260. The largest absolute Gasteiger partial charge is 0.493 e. The van der Waals surface area contributed by atoms with Gasteiger partial charge < -0.3 is 14.8 Å². The molecule has 0 atom stereocenters. The van der Waals surface area contributed by atoms with Crippen molar-refractivity contribution >= 4 is 17.4 Å². The van der Waals surface area contributed by atoms with Gasteiger partial charge in [0.1, 0.15) is 0 Å². The van der Waals surface area contributed by atoms with Crippen molar-refractivity contribution in [2.24, 2.45) is 0 Å². The number of anilines is 1. The summed E-state index contributed by atoms with van der Waals surface area (Å²) < 4.78 is 10.7. The summed E-state index contributed by atoms with van der Waals surface area (Å²) in [6.45, 7) is 3.84. The fraction of sp³-hybridized carbons (Fsp3) is 0.222. The number of Topliss-reactive ketones (excluding diaryl/α,β-unsaturated/α-hetero) is 1. The van der Waals surface area contributed by atoms with Crippen LogP contribution in [0, 0.1) is 0 Å². The number of ether oxygens (including phenoxy) is 2. The van der Waals surface area contributed by atoms with Crippen LogP contribution >= 0.6 is 0 Å². The van der Waals surface area contributed by atoms with Gasteiger partial charge in [0, 0.05) is 16.8 Å². The molecule has 2 aromatic rings. The number of ketones is 1. The van der Waals surface area contributed by atoms with Gasteiger partial charge in [-0.25, -0.2) is 0 Å². The standard InChI is InChI=1S/C18H19NO4/c1-4-23-17-11-14(7-10-16(17)22-3)18(21)19-15-8-5-13(6-9-15)12(2)20/h5-11H,4H2,1-3H3,(H,19,21). The third kappa shape index (κ3) is 4.10. The lowest BCUT2D eigenvalue weighted by molar-refractivity contribution is 0.101. The monoisotopic (exact) mass is 313 g/mol. The van der Waals surface area contributed by atoms with E-state index >= 15 is 0 Å². The topological polar surface area (TPSA) is 64.6 Å². The molecule has 1 N–H and O–H groups in total. The van der Waals surface area contributed by atoms with E-state index in [1.165, 1.54) is 6.92 Å². The molecular weight excluding hydrogens is 294 g/mol. The van der Waals surface area contributed by atoms with E-state index in [0.717, 1.165) is 0 Å². The van der Waals surface area contributed by atoms with Gasteiger partial charge >= 0.3 is 0 Å². The summed E-state index contributed by atoms with van der Waals surface area (Å²) in [6, 6.07) is 11.7. The molecule has 0 fully saturated rings. The van der Waals surface area contributed by atoms with Crippen molar-refractivity contribution in [2.75, 3.05) is 19.0 Å². The van der Waals surface area contributed by atoms with Gasteiger partial charge in [0.05, 0.1) is 13.7 Å². The highest BCUT2D eigenvalue weighted by molar-refractivity contribution is 6.05. The minimum absolute atomic E-state index is 0.0145. The summed E-state index contributed by atoms with van der Waals surface area (Å²) >= 11 is 0. The van der Waals surface area contributed by atoms with E-state index in [2.05, 4.69) is 5.32 Å². The molecule has 0 bridgehead atoms. The van der Waals surface area contributed by atoms with E-state index in [4.69, 9.17) is 9.47 Å². The van der Waals surface area contributed by atoms with E-state index in [1.807, 2.05) is 6.92 Å². The Labute approximate surface area is 135 Å². The van der Waals surface area contributed by atoms with Crippen molar-refractivity contribution in [2.45, 2.75) is 13.8 Å². The Hall–Kier alpha value is -2.82. The van der Waals surface area contributed by atoms with Crippen LogP contribution in [0.5, 0.6) is 11.5 Å². The molecule has 0 saturated carbocycles. The maximum Gasteiger partial charge on any atom is 0.255 e. The fourth-order valence-corrected chi connectivity index (χ4v) is 2.08. The Kier molecular flexibility index (Phi) is 5.36. The first-order valence-electron chi connectivity index (χ1n) is 7.28. The highest BCUT2D eigenvalue weighted by Gasteiger charge is 2.11. The Morgan fingerprint density at radius 3 is 2.22 bits per heavy atom. The molecule has 0 saturated heterocycles. The number of hydrogen-bond donors (Lipinski definition) is 1. The van der Waals surface area contributed by atoms with Crippen LogP contribution < -0.4 is 14.8 Å². The predicted octanol–water partition coefficient (Wildman–Crippen LogP) is 3.55. The van der Waals surface area contributed by atoms with Gasteiger partial charge in [-0.3, -0.25) is 9.59 Å². The van der Waals surface area contributed by atoms with Crippen molar-refractivity contribution in [1.29, 1.82) is 0 Å². The van der Waals surface area contributed by atoms with Crippen LogP contribution in [0.1, 0.15) is 34.6 Å². The molecule has 5 heteroatoms. The Morgan fingerprint density at radius 1 is 1.00 bits per heavy atom. The van der Waals surface area contributed by atoms with E-state index in [9.17, 15) is 9.59 Å². The molecule has 23 heavy (non-hydrogen) atoms. The smallest absolute Gasteiger partial charge is 0.255 e. The van der Waals surface area contributed by atoms with Gasteiger partial charge in [0.25, 0.3) is 5.91 Å². The first-order chi connectivity index (χ1) is 11.0. The third-order valence-electron chi connectivity index (χ3n) is 3.27. The lowest BCUT2D eigenvalue weighted by Gasteiger charge is -2.11. The molecule has 1 amide bonds. The molecule has 2 rings (SSSR count). The molecule has 120 valence electrons. The van der Waals surface area contributed by atoms with E-state index in [1.54, 1.807) is 49.6 Å². The molecule has 0 heterocycles. The number of nitrogens with one attached hydrogen (secondary N) is 1. The average molecular weight is 313 g/mol. The number of carbonyl (C=O) groups excluding carboxylic acids is 2. The van der Waals surface area contributed by atoms with Crippen LogP contribution in [-0.4, -0.2) is 25.4 Å². The second-order valence-electron chi connectivity index (χ2n) is 4.89. The van der Waals surface area contributed by atoms with Crippen molar-refractivity contribution in [3.8, 4) is 11.5 Å². The highest BCUT2D eigenvalue weighted by atomic mass is 16.5. The lowest BCUT2D eigenvalue weighted by Crippen LogP contribution is -2.12. The molecule has 0 aliphatic carbocycles. The van der Waals surface area contributed by atoms with Gasteiger partial charge in [-0.15, -0.1) is 0 Å². The molecular formula is C18H19NO4. The van der Waals surface area contributed by atoms with Crippen LogP contribution in [0.2, 0.25) is 0 Å². The SMILES string of the molecule is CCOc1cc(C(=O)Nc2ccc(C(C)=O)cc2)ccc1OC. The number of benzene rings is 2. The second kappa shape index (κ2) is 7.45. The zero-order valence-corrected chi connectivity index (χ0v) is 13.4. The average Bonchev–Trinajstić information content (AvgIpc) is 2.55. The van der Waals surface area contributed by atoms with Crippen molar-refractivity contribution in [1.82, 2.24) is 0 Å². The van der Waals surface area contributed by atoms with Crippen LogP contribution in [-0.2, 0) is 0 Å². The van der Waals surface area contributed by atoms with Crippen molar-refractivity contribution in [3.63, 3.8) is 0 Å². The summed E-state index contributed by atoms with van der Waals surface area (Å²) in [7, 11) is 1.55. The first-order valence-corrected chi connectivity index (χ1v) is 7.28. The van der Waals surface area contributed by atoms with Gasteiger partial charge in [0.15, 0.2) is 17.3 Å². The van der Waals surface area contributed by atoms with Crippen molar-refractivity contribution < 1.29 is 19.1 Å². The Bertz CT molecular complexity index is 707. The van der Waals surface area contributed by atoms with Gasteiger partial charge in [-0.1, -0.05) is 0 Å². The molecule has 0 aliphatic rings. The van der Waals surface area contributed by atoms with Gasteiger partial charge in [-0.05, 0) is 56.3 Å². The van der Waals surface area contributed by atoms with Crippen LogP contribution in [0.25, 0.3) is 0 Å². The zero-order valence-electron chi connectivity index (χ0n) is 13.4. The molecule has 2 aromatic carbocycles. The van der Waals surface area contributed by atoms with Gasteiger partial charge in [-0.2, -0.15) is 0 Å². The van der Waals surface area contributed by atoms with Crippen molar-refractivity contribution in [3.05, 3.63) is 53.6 Å². The third-order valence-corrected chi connectivity index (χ3v) is 3.27. The van der Waals surface area contributed by atoms with Gasteiger partial charge in [0.2, 0.25) is 0 Å². The Morgan fingerprint density at radius 2 is 1.65 bits per heavy atom. The summed E-state index contributed by atoms with van der Waals surface area (Å²) in [4.78, 5) is 23.6. The number of methoxy groups -OCH3 is 1. The lowest BCUT2D eigenvalue weighted by atomic mass is 10.1. The fourth-order valence-electron chi connectivity index (χ4n) is 2.08. The summed E-state index contributed by atoms with van der Waals surface area (Å²) in [5.41, 5.74) is 1.68. The molecule has 5 nitrogen and oxygen atoms in total. The number of rotatable bonds is 6. The Balaban J connectivity index is 2.16. The maximum absolute atomic E-state index is 12.3. The molecule has 0 unspecified atom stereocenters. The highest BCUT2D eigenvalue weighted by Crippen LogP contribution is 2.28. The van der Waals surface area contributed by atoms with Crippen LogP contribution in [0.4, 0.5) is 5.69 Å². The molecule has 0 spiro atoms. The summed E-state index contributed by atoms with van der Waals surface area (Å²) in [6.07, 6.45) is 0. The maximum atomic E-state index is 12.3. The van der Waals surface area contributed by atoms with Crippen LogP contribution in [0.3, 0.4) is 0 Å². The molecule has 0 aliphatic heterocycles. The number of amides is 1. The minimum Gasteiger partial charge on any atom is -0.493 e. The molecule has 0 radical (unpaired) electrons. The summed E-state index contributed by atoms with van der Waals surface area (Å²) in [5, 5.41) is 2.78. The summed E-state index contributed by atoms with van der Waals surface area (Å²) in [5.74, 6) is 0.826. The second-order valence-corrected chi connectivity index (χ2v) is 4.89. The van der Waals surface area contributed by atoms with E-state index in [0.29, 0.717) is 34.9 Å². The number of carbonyl (C=O) groups is 2. The predicted molar refractivity (Wildman–Crippen MR) is 88.6 cm³/mol. The first kappa shape index (κ1) is 16.5.